The first-order chi connectivity index (χ1) is 7.71. The number of carbonyl (C=O) groups excluding carboxylic acids is 1. The minimum absolute atomic E-state index is 0.0210. The molecule has 0 aliphatic carbocycles. The molecule has 1 fully saturated rings. The number of amides is 1. The van der Waals surface area contributed by atoms with E-state index >= 15 is 0 Å². The Balaban J connectivity index is 2.87. The molecule has 1 atom stereocenters. The normalized spacial score (nSPS) is 22.7. The zero-order valence-corrected chi connectivity index (χ0v) is 11.2. The van der Waals surface area contributed by atoms with Crippen molar-refractivity contribution in [3.63, 3.8) is 0 Å². The van der Waals surface area contributed by atoms with E-state index < -0.39 is 11.0 Å². The molecule has 5 heteroatoms. The Morgan fingerprint density at radius 3 is 2.53 bits per heavy atom. The summed E-state index contributed by atoms with van der Waals surface area (Å²) >= 11 is 0. The second-order valence-corrected chi connectivity index (χ2v) is 5.76. The lowest BCUT2D eigenvalue weighted by molar-refractivity contribution is -0.154. The summed E-state index contributed by atoms with van der Waals surface area (Å²) in [6.45, 7) is 8.74. The van der Waals surface area contributed by atoms with Crippen LogP contribution in [0.5, 0.6) is 0 Å². The second kappa shape index (κ2) is 4.92. The molecule has 0 radical (unpaired) electrons. The smallest absolute Gasteiger partial charge is 0.230 e. The van der Waals surface area contributed by atoms with Gasteiger partial charge in [0.2, 0.25) is 5.91 Å². The van der Waals surface area contributed by atoms with Gasteiger partial charge in [0.15, 0.2) is 0 Å². The molecule has 1 aliphatic heterocycles. The largest absolute Gasteiger partial charge is 0.394 e. The van der Waals surface area contributed by atoms with E-state index in [0.29, 0.717) is 19.8 Å². The van der Waals surface area contributed by atoms with Crippen molar-refractivity contribution in [2.75, 3.05) is 26.4 Å². The van der Waals surface area contributed by atoms with Crippen molar-refractivity contribution in [3.8, 4) is 0 Å². The highest BCUT2D eigenvalue weighted by molar-refractivity contribution is 5.83. The van der Waals surface area contributed by atoms with Gasteiger partial charge in [-0.3, -0.25) is 4.79 Å². The minimum atomic E-state index is -0.669. The van der Waals surface area contributed by atoms with Gasteiger partial charge in [0.05, 0.1) is 31.3 Å². The summed E-state index contributed by atoms with van der Waals surface area (Å²) in [5, 5.41) is 9.27. The summed E-state index contributed by atoms with van der Waals surface area (Å²) in [7, 11) is 0. The standard InChI is InChI=1S/C12H24N2O3/c1-11(2,12(3,4)13)10(16)14-5-6-17-8-9(14)7-15/h9,15H,5-8,13H2,1-4H3. The van der Waals surface area contributed by atoms with Gasteiger partial charge in [-0.1, -0.05) is 0 Å². The van der Waals surface area contributed by atoms with Crippen LogP contribution in [0.15, 0.2) is 0 Å². The molecular formula is C12H24N2O3. The van der Waals surface area contributed by atoms with Gasteiger partial charge in [-0.05, 0) is 27.7 Å². The number of aliphatic hydroxyl groups excluding tert-OH is 1. The van der Waals surface area contributed by atoms with Crippen LogP contribution in [0.3, 0.4) is 0 Å². The first-order valence-electron chi connectivity index (χ1n) is 6.00. The molecule has 0 saturated carbocycles. The molecule has 1 unspecified atom stereocenters. The van der Waals surface area contributed by atoms with Crippen molar-refractivity contribution in [2.24, 2.45) is 11.1 Å². The quantitative estimate of drug-likeness (QED) is 0.731. The molecule has 0 spiro atoms. The molecule has 0 aromatic carbocycles. The molecule has 1 saturated heterocycles. The first kappa shape index (κ1) is 14.4. The molecule has 1 aliphatic rings. The molecule has 3 N–H and O–H groups in total. The van der Waals surface area contributed by atoms with E-state index in [4.69, 9.17) is 10.5 Å². The SMILES string of the molecule is CC(C)(N)C(C)(C)C(=O)N1CCOCC1CO. The van der Waals surface area contributed by atoms with Gasteiger partial charge < -0.3 is 20.5 Å². The molecule has 1 amide bonds. The number of nitrogens with zero attached hydrogens (tertiary/aromatic N) is 1. The summed E-state index contributed by atoms with van der Waals surface area (Å²) in [4.78, 5) is 14.2. The number of aliphatic hydroxyl groups is 1. The van der Waals surface area contributed by atoms with E-state index in [1.54, 1.807) is 4.90 Å². The van der Waals surface area contributed by atoms with Crippen molar-refractivity contribution in [2.45, 2.75) is 39.3 Å². The Morgan fingerprint density at radius 2 is 2.06 bits per heavy atom. The second-order valence-electron chi connectivity index (χ2n) is 5.76. The van der Waals surface area contributed by atoms with Crippen LogP contribution in [0.1, 0.15) is 27.7 Å². The molecular weight excluding hydrogens is 220 g/mol. The fraction of sp³-hybridized carbons (Fsp3) is 0.917. The topological polar surface area (TPSA) is 75.8 Å². The van der Waals surface area contributed by atoms with Crippen molar-refractivity contribution >= 4 is 5.91 Å². The third-order valence-electron chi connectivity index (χ3n) is 3.84. The molecule has 0 aromatic heterocycles. The highest BCUT2D eigenvalue weighted by atomic mass is 16.5. The lowest BCUT2D eigenvalue weighted by atomic mass is 9.74. The van der Waals surface area contributed by atoms with Crippen LogP contribution in [-0.2, 0) is 9.53 Å². The van der Waals surface area contributed by atoms with Gasteiger partial charge in [-0.15, -0.1) is 0 Å². The zero-order chi connectivity index (χ0) is 13.3. The van der Waals surface area contributed by atoms with Gasteiger partial charge >= 0.3 is 0 Å². The van der Waals surface area contributed by atoms with Crippen molar-refractivity contribution in [1.82, 2.24) is 4.90 Å². The van der Waals surface area contributed by atoms with Gasteiger partial charge in [0.25, 0.3) is 0 Å². The summed E-state index contributed by atoms with van der Waals surface area (Å²) in [6, 6.07) is -0.252. The fourth-order valence-electron chi connectivity index (χ4n) is 1.71. The van der Waals surface area contributed by atoms with E-state index in [1.807, 2.05) is 27.7 Å². The van der Waals surface area contributed by atoms with Crippen LogP contribution in [-0.4, -0.2) is 53.9 Å². The van der Waals surface area contributed by atoms with E-state index in [1.165, 1.54) is 0 Å². The lowest BCUT2D eigenvalue weighted by Crippen LogP contribution is -2.61. The Morgan fingerprint density at radius 1 is 1.47 bits per heavy atom. The van der Waals surface area contributed by atoms with Crippen LogP contribution >= 0.6 is 0 Å². The van der Waals surface area contributed by atoms with Crippen LogP contribution in [0.2, 0.25) is 0 Å². The molecule has 0 aromatic rings. The number of morpholine rings is 1. The minimum Gasteiger partial charge on any atom is -0.394 e. The number of ether oxygens (including phenoxy) is 1. The Hall–Kier alpha value is -0.650. The highest BCUT2D eigenvalue weighted by Gasteiger charge is 2.44. The van der Waals surface area contributed by atoms with Gasteiger partial charge in [0, 0.05) is 12.1 Å². The van der Waals surface area contributed by atoms with Crippen LogP contribution in [0.25, 0.3) is 0 Å². The number of hydrogen-bond acceptors (Lipinski definition) is 4. The molecule has 17 heavy (non-hydrogen) atoms. The van der Waals surface area contributed by atoms with Crippen molar-refractivity contribution < 1.29 is 14.6 Å². The molecule has 1 heterocycles. The van der Waals surface area contributed by atoms with E-state index in [0.717, 1.165) is 0 Å². The van der Waals surface area contributed by atoms with Gasteiger partial charge in [-0.2, -0.15) is 0 Å². The maximum absolute atomic E-state index is 12.5. The summed E-state index contributed by atoms with van der Waals surface area (Å²) in [6.07, 6.45) is 0. The number of nitrogens with two attached hydrogens (primary N) is 1. The Bertz CT molecular complexity index is 284. The molecule has 100 valence electrons. The van der Waals surface area contributed by atoms with E-state index in [9.17, 15) is 9.90 Å². The van der Waals surface area contributed by atoms with Crippen LogP contribution in [0.4, 0.5) is 0 Å². The Labute approximate surface area is 103 Å². The third kappa shape index (κ3) is 2.78. The molecule has 5 nitrogen and oxygen atoms in total. The fourth-order valence-corrected chi connectivity index (χ4v) is 1.71. The van der Waals surface area contributed by atoms with E-state index in [2.05, 4.69) is 0 Å². The average molecular weight is 244 g/mol. The molecule has 0 bridgehead atoms. The van der Waals surface area contributed by atoms with Crippen molar-refractivity contribution in [1.29, 1.82) is 0 Å². The Kier molecular flexibility index (Phi) is 4.17. The maximum Gasteiger partial charge on any atom is 0.230 e. The predicted molar refractivity (Wildman–Crippen MR) is 65.5 cm³/mol. The number of rotatable bonds is 3. The average Bonchev–Trinajstić information content (AvgIpc) is 2.26. The van der Waals surface area contributed by atoms with Crippen LogP contribution < -0.4 is 5.73 Å². The van der Waals surface area contributed by atoms with Gasteiger partial charge in [-0.25, -0.2) is 0 Å². The van der Waals surface area contributed by atoms with E-state index in [-0.39, 0.29) is 18.6 Å². The third-order valence-corrected chi connectivity index (χ3v) is 3.84. The zero-order valence-electron chi connectivity index (χ0n) is 11.2. The first-order valence-corrected chi connectivity index (χ1v) is 6.00. The molecule has 1 rings (SSSR count). The summed E-state index contributed by atoms with van der Waals surface area (Å²) in [5.74, 6) is -0.0210. The predicted octanol–water partition coefficient (Wildman–Crippen LogP) is -0.0304. The lowest BCUT2D eigenvalue weighted by Gasteiger charge is -2.44. The maximum atomic E-state index is 12.5. The summed E-state index contributed by atoms with van der Waals surface area (Å²) in [5.41, 5.74) is 4.79. The summed E-state index contributed by atoms with van der Waals surface area (Å²) < 4.78 is 5.27. The number of carbonyl (C=O) groups is 1. The highest BCUT2D eigenvalue weighted by Crippen LogP contribution is 2.31. The number of hydrogen-bond donors (Lipinski definition) is 2. The monoisotopic (exact) mass is 244 g/mol. The van der Waals surface area contributed by atoms with Crippen molar-refractivity contribution in [3.05, 3.63) is 0 Å². The van der Waals surface area contributed by atoms with Crippen LogP contribution in [0, 0.1) is 5.41 Å². The van der Waals surface area contributed by atoms with Gasteiger partial charge in [0.1, 0.15) is 0 Å².